The molecule has 0 saturated carbocycles. The smallest absolute Gasteiger partial charge is 0.178 e. The molecule has 4 heteroatoms. The minimum absolute atomic E-state index is 0.0274. The van der Waals surface area contributed by atoms with E-state index in [0.29, 0.717) is 5.92 Å². The van der Waals surface area contributed by atoms with Gasteiger partial charge in [-0.1, -0.05) is 56.4 Å². The van der Waals surface area contributed by atoms with Crippen LogP contribution >= 0.6 is 0 Å². The van der Waals surface area contributed by atoms with E-state index in [4.69, 9.17) is 9.97 Å². The van der Waals surface area contributed by atoms with E-state index in [9.17, 15) is 0 Å². The van der Waals surface area contributed by atoms with Crippen LogP contribution in [0.5, 0.6) is 0 Å². The summed E-state index contributed by atoms with van der Waals surface area (Å²) in [5, 5.41) is 0. The third-order valence-corrected chi connectivity index (χ3v) is 7.13. The lowest BCUT2D eigenvalue weighted by Crippen LogP contribution is -2.62. The maximum Gasteiger partial charge on any atom is 0.178 e. The Hall–Kier alpha value is -2.88. The van der Waals surface area contributed by atoms with Crippen molar-refractivity contribution in [3.63, 3.8) is 0 Å². The Balaban J connectivity index is 1.77. The van der Waals surface area contributed by atoms with Crippen molar-refractivity contribution in [1.29, 1.82) is 0 Å². The van der Waals surface area contributed by atoms with Gasteiger partial charge in [0, 0.05) is 29.4 Å². The number of para-hydroxylation sites is 1. The highest BCUT2D eigenvalue weighted by molar-refractivity contribution is 5.80. The molecule has 1 saturated heterocycles. The summed E-state index contributed by atoms with van der Waals surface area (Å²) in [6.45, 7) is 8.96. The van der Waals surface area contributed by atoms with Crippen molar-refractivity contribution in [2.45, 2.75) is 45.3 Å². The Kier molecular flexibility index (Phi) is 4.30. The highest BCUT2D eigenvalue weighted by Crippen LogP contribution is 2.59. The van der Waals surface area contributed by atoms with Gasteiger partial charge in [-0.3, -0.25) is 0 Å². The molecule has 2 aromatic rings. The van der Waals surface area contributed by atoms with E-state index in [0.717, 1.165) is 30.9 Å². The number of nitrogens with zero attached hydrogens (tertiary/aromatic N) is 4. The van der Waals surface area contributed by atoms with Crippen molar-refractivity contribution in [2.24, 2.45) is 11.3 Å². The van der Waals surface area contributed by atoms with Crippen LogP contribution in [0.4, 0.5) is 17.3 Å². The van der Waals surface area contributed by atoms with Crippen LogP contribution in [0.25, 0.3) is 0 Å². The van der Waals surface area contributed by atoms with E-state index in [1.54, 1.807) is 0 Å². The molecule has 1 fully saturated rings. The minimum Gasteiger partial charge on any atom is -0.325 e. The average molecular weight is 385 g/mol. The van der Waals surface area contributed by atoms with E-state index >= 15 is 0 Å². The number of piperidine rings is 1. The van der Waals surface area contributed by atoms with Crippen LogP contribution in [0.3, 0.4) is 0 Å². The Morgan fingerprint density at radius 3 is 2.59 bits per heavy atom. The quantitative estimate of drug-likeness (QED) is 0.639. The van der Waals surface area contributed by atoms with Crippen molar-refractivity contribution in [1.82, 2.24) is 9.97 Å². The summed E-state index contributed by atoms with van der Waals surface area (Å²) in [6.07, 6.45) is 16.0. The molecule has 3 heterocycles. The van der Waals surface area contributed by atoms with Gasteiger partial charge in [0.2, 0.25) is 0 Å². The van der Waals surface area contributed by atoms with E-state index in [1.807, 2.05) is 12.4 Å². The summed E-state index contributed by atoms with van der Waals surface area (Å²) >= 11 is 0. The molecular formula is C25H28N4. The number of anilines is 3. The third kappa shape index (κ3) is 2.38. The zero-order valence-corrected chi connectivity index (χ0v) is 17.2. The van der Waals surface area contributed by atoms with Gasteiger partial charge in [0.25, 0.3) is 0 Å². The number of rotatable bonds is 4. The van der Waals surface area contributed by atoms with Crippen molar-refractivity contribution in [3.05, 3.63) is 79.2 Å². The normalized spacial score (nSPS) is 29.7. The SMILES string of the molecule is C=CC1(CC)C2=CC=CCC2N2c3nccnc3N(c3ccccc3)C2C1CC. The van der Waals surface area contributed by atoms with Gasteiger partial charge in [-0.25, -0.2) is 9.97 Å². The Labute approximate surface area is 173 Å². The summed E-state index contributed by atoms with van der Waals surface area (Å²) in [4.78, 5) is 14.6. The van der Waals surface area contributed by atoms with Gasteiger partial charge < -0.3 is 9.80 Å². The zero-order chi connectivity index (χ0) is 20.0. The van der Waals surface area contributed by atoms with E-state index in [2.05, 4.69) is 84.9 Å². The first kappa shape index (κ1) is 18.2. The number of benzene rings is 1. The standard InChI is InChI=1S/C25H28N4/c1-4-19-24-28(18-12-8-7-9-13-18)22-23(27-17-16-26-22)29(24)21-15-11-10-14-20(21)25(19,5-2)6-3/h5,7-14,16-17,19,21,24H,2,4,6,15H2,1,3H3. The molecule has 4 atom stereocenters. The van der Waals surface area contributed by atoms with E-state index in [-0.39, 0.29) is 17.6 Å². The summed E-state index contributed by atoms with van der Waals surface area (Å²) in [5.41, 5.74) is 2.63. The van der Waals surface area contributed by atoms with Gasteiger partial charge in [0.05, 0.1) is 6.04 Å². The molecule has 0 bridgehead atoms. The Bertz CT molecular complexity index is 979. The molecule has 5 rings (SSSR count). The second-order valence-electron chi connectivity index (χ2n) is 8.14. The first-order valence-electron chi connectivity index (χ1n) is 10.7. The molecule has 1 aromatic carbocycles. The Morgan fingerprint density at radius 2 is 1.90 bits per heavy atom. The van der Waals surface area contributed by atoms with E-state index < -0.39 is 0 Å². The molecule has 148 valence electrons. The zero-order valence-electron chi connectivity index (χ0n) is 17.2. The molecule has 0 radical (unpaired) electrons. The topological polar surface area (TPSA) is 32.3 Å². The van der Waals surface area contributed by atoms with Crippen molar-refractivity contribution in [2.75, 3.05) is 9.80 Å². The average Bonchev–Trinajstić information content (AvgIpc) is 3.13. The fourth-order valence-corrected chi connectivity index (χ4v) is 5.90. The summed E-state index contributed by atoms with van der Waals surface area (Å²) in [6, 6.07) is 10.9. The lowest BCUT2D eigenvalue weighted by Gasteiger charge is -2.56. The van der Waals surface area contributed by atoms with Crippen LogP contribution in [0.1, 0.15) is 33.1 Å². The van der Waals surface area contributed by atoms with Crippen LogP contribution in [0.2, 0.25) is 0 Å². The van der Waals surface area contributed by atoms with Crippen molar-refractivity contribution < 1.29 is 0 Å². The van der Waals surface area contributed by atoms with Crippen LogP contribution in [-0.4, -0.2) is 22.2 Å². The molecule has 4 unspecified atom stereocenters. The molecular weight excluding hydrogens is 356 g/mol. The fourth-order valence-electron chi connectivity index (χ4n) is 5.90. The molecule has 0 N–H and O–H groups in total. The number of fused-ring (bicyclic) bond motifs is 5. The predicted molar refractivity (Wildman–Crippen MR) is 119 cm³/mol. The van der Waals surface area contributed by atoms with Gasteiger partial charge >= 0.3 is 0 Å². The van der Waals surface area contributed by atoms with E-state index in [1.165, 1.54) is 11.3 Å². The molecule has 4 nitrogen and oxygen atoms in total. The third-order valence-electron chi connectivity index (χ3n) is 7.13. The van der Waals surface area contributed by atoms with Crippen LogP contribution < -0.4 is 9.80 Å². The molecule has 0 spiro atoms. The molecule has 29 heavy (non-hydrogen) atoms. The van der Waals surface area contributed by atoms with Gasteiger partial charge in [0.15, 0.2) is 11.6 Å². The second-order valence-corrected chi connectivity index (χ2v) is 8.14. The lowest BCUT2D eigenvalue weighted by molar-refractivity contribution is 0.169. The molecule has 1 aromatic heterocycles. The first-order chi connectivity index (χ1) is 14.3. The monoisotopic (exact) mass is 384 g/mol. The van der Waals surface area contributed by atoms with Crippen molar-refractivity contribution >= 4 is 17.3 Å². The first-order valence-corrected chi connectivity index (χ1v) is 10.7. The minimum atomic E-state index is -0.0274. The summed E-state index contributed by atoms with van der Waals surface area (Å²) < 4.78 is 0. The van der Waals surface area contributed by atoms with Crippen LogP contribution in [-0.2, 0) is 0 Å². The Morgan fingerprint density at radius 1 is 1.14 bits per heavy atom. The van der Waals surface area contributed by atoms with Crippen LogP contribution in [0.15, 0.2) is 79.2 Å². The number of allylic oxidation sites excluding steroid dienone is 3. The summed E-state index contributed by atoms with van der Waals surface area (Å²) in [5.74, 6) is 2.35. The highest BCUT2D eigenvalue weighted by atomic mass is 15.5. The van der Waals surface area contributed by atoms with Gasteiger partial charge in [-0.05, 0) is 37.0 Å². The van der Waals surface area contributed by atoms with Gasteiger partial charge in [0.1, 0.15) is 6.17 Å². The number of hydrogen-bond acceptors (Lipinski definition) is 4. The molecule has 1 aliphatic carbocycles. The number of hydrogen-bond donors (Lipinski definition) is 0. The fraction of sp³-hybridized carbons (Fsp3) is 0.360. The highest BCUT2D eigenvalue weighted by Gasteiger charge is 2.58. The predicted octanol–water partition coefficient (Wildman–Crippen LogP) is 5.64. The lowest BCUT2D eigenvalue weighted by atomic mass is 9.59. The maximum atomic E-state index is 4.82. The number of aromatic nitrogens is 2. The van der Waals surface area contributed by atoms with Crippen LogP contribution in [0, 0.1) is 11.3 Å². The second kappa shape index (κ2) is 6.87. The van der Waals surface area contributed by atoms with Crippen molar-refractivity contribution in [3.8, 4) is 0 Å². The molecule has 3 aliphatic rings. The molecule has 2 aliphatic heterocycles. The van der Waals surface area contributed by atoms with Gasteiger partial charge in [-0.15, -0.1) is 6.58 Å². The summed E-state index contributed by atoms with van der Waals surface area (Å²) in [7, 11) is 0. The largest absolute Gasteiger partial charge is 0.325 e. The van der Waals surface area contributed by atoms with Gasteiger partial charge in [-0.2, -0.15) is 0 Å². The molecule has 0 amide bonds. The maximum absolute atomic E-state index is 4.82.